The van der Waals surface area contributed by atoms with Crippen LogP contribution in [0.4, 0.5) is 0 Å². The van der Waals surface area contributed by atoms with Crippen LogP contribution in [0.3, 0.4) is 0 Å². The topological polar surface area (TPSA) is 9.23 Å². The molecule has 0 aromatic heterocycles. The van der Waals surface area contributed by atoms with Gasteiger partial charge >= 0.3 is 0 Å². The molecule has 0 radical (unpaired) electrons. The van der Waals surface area contributed by atoms with Crippen molar-refractivity contribution in [3.8, 4) is 5.75 Å². The average Bonchev–Trinajstić information content (AvgIpc) is 2.17. The molecule has 1 nitrogen and oxygen atoms in total. The molecule has 0 aliphatic carbocycles. The van der Waals surface area contributed by atoms with E-state index >= 15 is 0 Å². The highest BCUT2D eigenvalue weighted by Gasteiger charge is 2.16. The Kier molecular flexibility index (Phi) is 4.57. The Labute approximate surface area is 105 Å². The highest BCUT2D eigenvalue weighted by atomic mass is 127. The van der Waals surface area contributed by atoms with Gasteiger partial charge in [-0.1, -0.05) is 26.0 Å². The van der Waals surface area contributed by atoms with Gasteiger partial charge in [-0.3, -0.25) is 0 Å². The van der Waals surface area contributed by atoms with E-state index in [0.29, 0.717) is 6.61 Å². The number of benzene rings is 1. The summed E-state index contributed by atoms with van der Waals surface area (Å²) in [4.78, 5) is 0. The summed E-state index contributed by atoms with van der Waals surface area (Å²) in [6, 6.07) is 8.05. The maximum absolute atomic E-state index is 5.74. The molecule has 0 fully saturated rings. The number of halogens is 1. The minimum Gasteiger partial charge on any atom is -0.492 e. The maximum Gasteiger partial charge on any atom is 0.132 e. The molecule has 0 bridgehead atoms. The first-order valence-electron chi connectivity index (χ1n) is 4.53. The smallest absolute Gasteiger partial charge is 0.132 e. The summed E-state index contributed by atoms with van der Waals surface area (Å²) in [7, 11) is 0. The van der Waals surface area contributed by atoms with Crippen molar-refractivity contribution in [1.29, 1.82) is 0 Å². The molecule has 0 aliphatic rings. The van der Waals surface area contributed by atoms with Gasteiger partial charge in [0.25, 0.3) is 0 Å². The highest BCUT2D eigenvalue weighted by molar-refractivity contribution is 14.1. The van der Waals surface area contributed by atoms with Crippen LogP contribution in [-0.2, 0) is 0 Å². The third kappa shape index (κ3) is 3.69. The van der Waals surface area contributed by atoms with Gasteiger partial charge in [-0.05, 0) is 40.5 Å². The van der Waals surface area contributed by atoms with Gasteiger partial charge in [0.1, 0.15) is 5.75 Å². The number of ether oxygens (including phenoxy) is 1. The van der Waals surface area contributed by atoms with Crippen LogP contribution in [-0.4, -0.2) is 12.4 Å². The Bertz CT molecular complexity index is 299. The van der Waals surface area contributed by atoms with Crippen LogP contribution in [0.1, 0.15) is 13.8 Å². The molecule has 0 spiro atoms. The SMILES string of the molecule is CC(C)(CS)COc1ccccc1I. The predicted molar refractivity (Wildman–Crippen MR) is 72.3 cm³/mol. The molecule has 1 rings (SSSR count). The molecular formula is C11H15IOS. The van der Waals surface area contributed by atoms with E-state index in [9.17, 15) is 0 Å². The molecule has 0 N–H and O–H groups in total. The fraction of sp³-hybridized carbons (Fsp3) is 0.455. The first-order chi connectivity index (χ1) is 6.55. The van der Waals surface area contributed by atoms with Crippen LogP contribution < -0.4 is 4.74 Å². The molecule has 0 heterocycles. The molecule has 1 aromatic rings. The molecule has 0 atom stereocenters. The van der Waals surface area contributed by atoms with E-state index in [1.807, 2.05) is 24.3 Å². The van der Waals surface area contributed by atoms with Crippen LogP contribution >= 0.6 is 35.2 Å². The van der Waals surface area contributed by atoms with Gasteiger partial charge in [-0.25, -0.2) is 0 Å². The lowest BCUT2D eigenvalue weighted by Crippen LogP contribution is -2.23. The fourth-order valence-electron chi connectivity index (χ4n) is 0.881. The lowest BCUT2D eigenvalue weighted by atomic mass is 9.98. The summed E-state index contributed by atoms with van der Waals surface area (Å²) in [6.07, 6.45) is 0. The number of para-hydroxylation sites is 1. The summed E-state index contributed by atoms with van der Waals surface area (Å²) in [5.74, 6) is 1.79. The average molecular weight is 322 g/mol. The van der Waals surface area contributed by atoms with E-state index in [-0.39, 0.29) is 5.41 Å². The summed E-state index contributed by atoms with van der Waals surface area (Å²) < 4.78 is 6.89. The van der Waals surface area contributed by atoms with Crippen molar-refractivity contribution in [3.05, 3.63) is 27.8 Å². The van der Waals surface area contributed by atoms with Crippen molar-refractivity contribution in [2.45, 2.75) is 13.8 Å². The molecular weight excluding hydrogens is 307 g/mol. The maximum atomic E-state index is 5.74. The van der Waals surface area contributed by atoms with Crippen LogP contribution in [0.2, 0.25) is 0 Å². The predicted octanol–water partition coefficient (Wildman–Crippen LogP) is 3.63. The largest absolute Gasteiger partial charge is 0.492 e. The lowest BCUT2D eigenvalue weighted by molar-refractivity contribution is 0.201. The lowest BCUT2D eigenvalue weighted by Gasteiger charge is -2.22. The summed E-state index contributed by atoms with van der Waals surface area (Å²) in [5, 5.41) is 0. The molecule has 0 unspecified atom stereocenters. The normalized spacial score (nSPS) is 11.4. The summed E-state index contributed by atoms with van der Waals surface area (Å²) in [5.41, 5.74) is 0.127. The van der Waals surface area contributed by atoms with Crippen molar-refractivity contribution >= 4 is 35.2 Å². The van der Waals surface area contributed by atoms with Gasteiger partial charge in [-0.15, -0.1) is 0 Å². The van der Waals surface area contributed by atoms with E-state index in [4.69, 9.17) is 4.74 Å². The highest BCUT2D eigenvalue weighted by Crippen LogP contribution is 2.23. The number of thiol groups is 1. The van der Waals surface area contributed by atoms with Crippen LogP contribution in [0.5, 0.6) is 5.75 Å². The number of hydrogen-bond donors (Lipinski definition) is 1. The van der Waals surface area contributed by atoms with E-state index in [2.05, 4.69) is 49.1 Å². The Morgan fingerprint density at radius 3 is 2.57 bits per heavy atom. The Hall–Kier alpha value is 0.100. The Morgan fingerprint density at radius 1 is 1.36 bits per heavy atom. The van der Waals surface area contributed by atoms with Gasteiger partial charge in [0, 0.05) is 5.41 Å². The number of rotatable bonds is 4. The molecule has 1 aromatic carbocycles. The van der Waals surface area contributed by atoms with Crippen molar-refractivity contribution in [1.82, 2.24) is 0 Å². The second kappa shape index (κ2) is 5.26. The second-order valence-electron chi connectivity index (χ2n) is 4.04. The van der Waals surface area contributed by atoms with E-state index in [1.165, 1.54) is 0 Å². The third-order valence-electron chi connectivity index (χ3n) is 1.88. The molecule has 0 saturated heterocycles. The van der Waals surface area contributed by atoms with Crippen LogP contribution in [0, 0.1) is 8.99 Å². The van der Waals surface area contributed by atoms with Crippen molar-refractivity contribution in [2.24, 2.45) is 5.41 Å². The van der Waals surface area contributed by atoms with E-state index in [0.717, 1.165) is 15.1 Å². The van der Waals surface area contributed by atoms with Crippen molar-refractivity contribution in [2.75, 3.05) is 12.4 Å². The quantitative estimate of drug-likeness (QED) is 0.658. The third-order valence-corrected chi connectivity index (χ3v) is 3.63. The summed E-state index contributed by atoms with van der Waals surface area (Å²) in [6.45, 7) is 5.00. The zero-order chi connectivity index (χ0) is 10.6. The van der Waals surface area contributed by atoms with Crippen molar-refractivity contribution in [3.63, 3.8) is 0 Å². The zero-order valence-electron chi connectivity index (χ0n) is 8.46. The first kappa shape index (κ1) is 12.2. The van der Waals surface area contributed by atoms with Crippen LogP contribution in [0.25, 0.3) is 0 Å². The van der Waals surface area contributed by atoms with Gasteiger partial charge < -0.3 is 4.74 Å². The zero-order valence-corrected chi connectivity index (χ0v) is 11.5. The van der Waals surface area contributed by atoms with Gasteiger partial charge in [-0.2, -0.15) is 12.6 Å². The standard InChI is InChI=1S/C11H15IOS/c1-11(2,8-14)7-13-10-6-4-3-5-9(10)12/h3-6,14H,7-8H2,1-2H3. The molecule has 0 aliphatic heterocycles. The van der Waals surface area contributed by atoms with E-state index in [1.54, 1.807) is 0 Å². The molecule has 3 heteroatoms. The van der Waals surface area contributed by atoms with E-state index < -0.39 is 0 Å². The molecule has 14 heavy (non-hydrogen) atoms. The number of hydrogen-bond acceptors (Lipinski definition) is 2. The Morgan fingerprint density at radius 2 is 2.00 bits per heavy atom. The molecule has 0 amide bonds. The monoisotopic (exact) mass is 322 g/mol. The van der Waals surface area contributed by atoms with Gasteiger partial charge in [0.2, 0.25) is 0 Å². The summed E-state index contributed by atoms with van der Waals surface area (Å²) >= 11 is 6.57. The second-order valence-corrected chi connectivity index (χ2v) is 5.52. The van der Waals surface area contributed by atoms with Crippen molar-refractivity contribution < 1.29 is 4.74 Å². The Balaban J connectivity index is 2.58. The molecule has 0 saturated carbocycles. The van der Waals surface area contributed by atoms with Crippen LogP contribution in [0.15, 0.2) is 24.3 Å². The molecule has 78 valence electrons. The van der Waals surface area contributed by atoms with Gasteiger partial charge in [0.15, 0.2) is 0 Å². The van der Waals surface area contributed by atoms with Gasteiger partial charge in [0.05, 0.1) is 10.2 Å². The fourth-order valence-corrected chi connectivity index (χ4v) is 1.51. The first-order valence-corrected chi connectivity index (χ1v) is 6.24. The minimum atomic E-state index is 0.127. The minimum absolute atomic E-state index is 0.127.